The smallest absolute Gasteiger partial charge is 0.325 e. The van der Waals surface area contributed by atoms with E-state index in [1.165, 1.54) is 7.11 Å². The van der Waals surface area contributed by atoms with Crippen molar-refractivity contribution in [1.29, 1.82) is 0 Å². The van der Waals surface area contributed by atoms with Crippen molar-refractivity contribution in [1.82, 2.24) is 0 Å². The van der Waals surface area contributed by atoms with Gasteiger partial charge in [-0.25, -0.2) is 0 Å². The number of carbonyl (C=O) groups excluding carboxylic acids is 1. The largest absolute Gasteiger partial charge is 0.468 e. The van der Waals surface area contributed by atoms with Gasteiger partial charge in [0.1, 0.15) is 12.1 Å². The molecule has 84 valence electrons. The van der Waals surface area contributed by atoms with Crippen molar-refractivity contribution in [3.05, 3.63) is 35.9 Å². The Morgan fingerprint density at radius 1 is 1.40 bits per heavy atom. The topological polar surface area (TPSA) is 72.5 Å². The van der Waals surface area contributed by atoms with Crippen LogP contribution < -0.4 is 5.73 Å². The number of carbonyl (C=O) groups is 1. The SMILES string of the molecule is COC(=O)[C@H](N)[C@H](O)c1ccccc1.Cl. The molecule has 0 spiro atoms. The second-order valence-corrected chi connectivity index (χ2v) is 2.90. The molecular formula is C10H14ClNO3. The number of hydrogen-bond donors (Lipinski definition) is 2. The number of halogens is 1. The van der Waals surface area contributed by atoms with Crippen molar-refractivity contribution < 1.29 is 14.6 Å². The van der Waals surface area contributed by atoms with Gasteiger partial charge >= 0.3 is 5.97 Å². The molecule has 1 aromatic carbocycles. The number of benzene rings is 1. The number of aliphatic hydroxyl groups excluding tert-OH is 1. The van der Waals surface area contributed by atoms with E-state index in [0.717, 1.165) is 0 Å². The highest BCUT2D eigenvalue weighted by Gasteiger charge is 2.24. The monoisotopic (exact) mass is 231 g/mol. The highest BCUT2D eigenvalue weighted by atomic mass is 35.5. The quantitative estimate of drug-likeness (QED) is 0.749. The molecular weight excluding hydrogens is 218 g/mol. The molecule has 0 amide bonds. The number of ether oxygens (including phenoxy) is 1. The maximum atomic E-state index is 11.0. The van der Waals surface area contributed by atoms with Gasteiger partial charge in [-0.1, -0.05) is 30.3 Å². The molecule has 0 radical (unpaired) electrons. The van der Waals surface area contributed by atoms with Crippen LogP contribution in [-0.2, 0) is 9.53 Å². The summed E-state index contributed by atoms with van der Waals surface area (Å²) in [6, 6.07) is 7.72. The lowest BCUT2D eigenvalue weighted by Crippen LogP contribution is -2.37. The van der Waals surface area contributed by atoms with E-state index in [-0.39, 0.29) is 12.4 Å². The lowest BCUT2D eigenvalue weighted by atomic mass is 10.0. The van der Waals surface area contributed by atoms with Crippen molar-refractivity contribution in [2.45, 2.75) is 12.1 Å². The maximum absolute atomic E-state index is 11.0. The van der Waals surface area contributed by atoms with Crippen molar-refractivity contribution in [3.63, 3.8) is 0 Å². The Morgan fingerprint density at radius 3 is 2.40 bits per heavy atom. The van der Waals surface area contributed by atoms with E-state index in [0.29, 0.717) is 5.56 Å². The minimum Gasteiger partial charge on any atom is -0.468 e. The predicted octanol–water partition coefficient (Wildman–Crippen LogP) is 0.642. The zero-order valence-electron chi connectivity index (χ0n) is 8.29. The molecule has 4 nitrogen and oxygen atoms in total. The van der Waals surface area contributed by atoms with Crippen LogP contribution in [0.5, 0.6) is 0 Å². The highest BCUT2D eigenvalue weighted by molar-refractivity contribution is 5.85. The third-order valence-corrected chi connectivity index (χ3v) is 1.95. The summed E-state index contributed by atoms with van der Waals surface area (Å²) in [6.45, 7) is 0. The second-order valence-electron chi connectivity index (χ2n) is 2.90. The molecule has 0 heterocycles. The molecule has 3 N–H and O–H groups in total. The van der Waals surface area contributed by atoms with E-state index in [1.807, 2.05) is 6.07 Å². The molecule has 0 bridgehead atoms. The average molecular weight is 232 g/mol. The zero-order valence-corrected chi connectivity index (χ0v) is 9.11. The first-order valence-corrected chi connectivity index (χ1v) is 4.23. The van der Waals surface area contributed by atoms with Gasteiger partial charge in [-0.3, -0.25) is 4.79 Å². The molecule has 0 aliphatic rings. The normalized spacial score (nSPS) is 13.5. The second kappa shape index (κ2) is 6.40. The molecule has 0 unspecified atom stereocenters. The fraction of sp³-hybridized carbons (Fsp3) is 0.300. The minimum absolute atomic E-state index is 0. The summed E-state index contributed by atoms with van der Waals surface area (Å²) >= 11 is 0. The van der Waals surface area contributed by atoms with Crippen LogP contribution in [0.3, 0.4) is 0 Å². The molecule has 15 heavy (non-hydrogen) atoms. The van der Waals surface area contributed by atoms with Crippen LogP contribution in [0.1, 0.15) is 11.7 Å². The lowest BCUT2D eigenvalue weighted by Gasteiger charge is -2.16. The Bertz CT molecular complexity index is 305. The van der Waals surface area contributed by atoms with Crippen LogP contribution in [0.15, 0.2) is 30.3 Å². The van der Waals surface area contributed by atoms with Gasteiger partial charge in [0.05, 0.1) is 7.11 Å². The molecule has 2 atom stereocenters. The van der Waals surface area contributed by atoms with E-state index < -0.39 is 18.1 Å². The standard InChI is InChI=1S/C10H13NO3.ClH/c1-14-10(13)8(11)9(12)7-5-3-2-4-6-7;/h2-6,8-9,12H,11H2,1H3;1H/t8-,9-;/m1./s1. The van der Waals surface area contributed by atoms with E-state index >= 15 is 0 Å². The lowest BCUT2D eigenvalue weighted by molar-refractivity contribution is -0.145. The maximum Gasteiger partial charge on any atom is 0.325 e. The van der Waals surface area contributed by atoms with Crippen LogP contribution in [0, 0.1) is 0 Å². The fourth-order valence-corrected chi connectivity index (χ4v) is 1.12. The van der Waals surface area contributed by atoms with Gasteiger partial charge in [-0.05, 0) is 5.56 Å². The summed E-state index contributed by atoms with van der Waals surface area (Å²) in [4.78, 5) is 11.0. The Morgan fingerprint density at radius 2 is 1.93 bits per heavy atom. The summed E-state index contributed by atoms with van der Waals surface area (Å²) in [5, 5.41) is 9.66. The van der Waals surface area contributed by atoms with Gasteiger partial charge in [0, 0.05) is 0 Å². The molecule has 5 heteroatoms. The number of nitrogens with two attached hydrogens (primary N) is 1. The van der Waals surface area contributed by atoms with Gasteiger partial charge in [0.15, 0.2) is 0 Å². The molecule has 1 rings (SSSR count). The van der Waals surface area contributed by atoms with Gasteiger partial charge in [0.25, 0.3) is 0 Å². The van der Waals surface area contributed by atoms with Gasteiger partial charge in [-0.2, -0.15) is 0 Å². The number of hydrogen-bond acceptors (Lipinski definition) is 4. The molecule has 0 aromatic heterocycles. The first-order chi connectivity index (χ1) is 6.66. The summed E-state index contributed by atoms with van der Waals surface area (Å²) in [7, 11) is 1.24. The van der Waals surface area contributed by atoms with Crippen LogP contribution in [0.25, 0.3) is 0 Å². The van der Waals surface area contributed by atoms with Crippen molar-refractivity contribution >= 4 is 18.4 Å². The van der Waals surface area contributed by atoms with Gasteiger partial charge < -0.3 is 15.6 Å². The van der Waals surface area contributed by atoms with Crippen LogP contribution in [0.4, 0.5) is 0 Å². The van der Waals surface area contributed by atoms with Crippen LogP contribution in [0.2, 0.25) is 0 Å². The van der Waals surface area contributed by atoms with E-state index in [1.54, 1.807) is 24.3 Å². The van der Waals surface area contributed by atoms with Gasteiger partial charge in [-0.15, -0.1) is 12.4 Å². The number of esters is 1. The van der Waals surface area contributed by atoms with Crippen LogP contribution in [-0.4, -0.2) is 24.2 Å². The highest BCUT2D eigenvalue weighted by Crippen LogP contribution is 2.15. The zero-order chi connectivity index (χ0) is 10.6. The third kappa shape index (κ3) is 3.51. The molecule has 0 saturated carbocycles. The number of aliphatic hydroxyl groups is 1. The Balaban J connectivity index is 0.00000196. The molecule has 0 saturated heterocycles. The summed E-state index contributed by atoms with van der Waals surface area (Å²) < 4.78 is 4.43. The summed E-state index contributed by atoms with van der Waals surface area (Å²) in [6.07, 6.45) is -1.02. The summed E-state index contributed by atoms with van der Waals surface area (Å²) in [5.41, 5.74) is 6.08. The number of methoxy groups -OCH3 is 1. The van der Waals surface area contributed by atoms with E-state index in [9.17, 15) is 9.90 Å². The van der Waals surface area contributed by atoms with E-state index in [2.05, 4.69) is 4.74 Å². The average Bonchev–Trinajstić information content (AvgIpc) is 2.27. The molecule has 0 aliphatic carbocycles. The van der Waals surface area contributed by atoms with E-state index in [4.69, 9.17) is 5.73 Å². The predicted molar refractivity (Wildman–Crippen MR) is 58.6 cm³/mol. The summed E-state index contributed by atoms with van der Waals surface area (Å²) in [5.74, 6) is -0.624. The van der Waals surface area contributed by atoms with Crippen molar-refractivity contribution in [3.8, 4) is 0 Å². The third-order valence-electron chi connectivity index (χ3n) is 1.95. The Hall–Kier alpha value is -1.10. The first kappa shape index (κ1) is 13.9. The van der Waals surface area contributed by atoms with Crippen molar-refractivity contribution in [2.24, 2.45) is 5.73 Å². The minimum atomic E-state index is -1.04. The van der Waals surface area contributed by atoms with Crippen molar-refractivity contribution in [2.75, 3.05) is 7.11 Å². The van der Waals surface area contributed by atoms with Crippen LogP contribution >= 0.6 is 12.4 Å². The Kier molecular flexibility index (Phi) is 5.93. The Labute approximate surface area is 94.5 Å². The van der Waals surface area contributed by atoms with Gasteiger partial charge in [0.2, 0.25) is 0 Å². The fourth-order valence-electron chi connectivity index (χ4n) is 1.12. The molecule has 1 aromatic rings. The first-order valence-electron chi connectivity index (χ1n) is 4.23. The molecule has 0 fully saturated rings. The number of rotatable bonds is 3. The molecule has 0 aliphatic heterocycles.